The number of para-hydroxylation sites is 1. The molecule has 0 aliphatic heterocycles. The van der Waals surface area contributed by atoms with Gasteiger partial charge in [0.25, 0.3) is 0 Å². The zero-order chi connectivity index (χ0) is 13.5. The molecule has 1 unspecified atom stereocenters. The Morgan fingerprint density at radius 1 is 1.44 bits per heavy atom. The lowest BCUT2D eigenvalue weighted by molar-refractivity contribution is -0.147. The number of anilines is 1. The van der Waals surface area contributed by atoms with E-state index in [2.05, 4.69) is 15.4 Å². The lowest BCUT2D eigenvalue weighted by Gasteiger charge is -2.12. The van der Waals surface area contributed by atoms with E-state index in [1.54, 1.807) is 24.3 Å². The molecule has 98 valence electrons. The van der Waals surface area contributed by atoms with Crippen molar-refractivity contribution in [2.24, 2.45) is 0 Å². The molecule has 0 saturated heterocycles. The summed E-state index contributed by atoms with van der Waals surface area (Å²) in [4.78, 5) is 22.1. The maximum absolute atomic E-state index is 11.5. The first kappa shape index (κ1) is 14.3. The fraction of sp³-hybridized carbons (Fsp3) is 0.273. The van der Waals surface area contributed by atoms with E-state index in [9.17, 15) is 9.59 Å². The maximum Gasteiger partial charge on any atom is 0.334 e. The molecule has 1 aromatic carbocycles. The van der Waals surface area contributed by atoms with Crippen LogP contribution in [0.1, 0.15) is 0 Å². The zero-order valence-electron chi connectivity index (χ0n) is 9.64. The number of nitrogens with one attached hydrogen (secondary N) is 2. The smallest absolute Gasteiger partial charge is 0.334 e. The maximum atomic E-state index is 11.5. The van der Waals surface area contributed by atoms with Gasteiger partial charge in [-0.25, -0.2) is 9.59 Å². The predicted octanol–water partition coefficient (Wildman–Crippen LogP) is 1.56. The standard InChI is InChI=1S/C11H13ClN2O4/c1-18-9(10(15)16)6-13-11(17)14-8-5-3-2-4-7(8)12/h2-5,9H,6H2,1H3,(H,15,16)(H2,13,14,17). The van der Waals surface area contributed by atoms with Gasteiger partial charge >= 0.3 is 12.0 Å². The van der Waals surface area contributed by atoms with Crippen molar-refractivity contribution in [3.8, 4) is 0 Å². The molecule has 18 heavy (non-hydrogen) atoms. The van der Waals surface area contributed by atoms with E-state index in [0.717, 1.165) is 0 Å². The minimum Gasteiger partial charge on any atom is -0.479 e. The molecule has 0 fully saturated rings. The average Bonchev–Trinajstić information content (AvgIpc) is 2.32. The highest BCUT2D eigenvalue weighted by molar-refractivity contribution is 6.33. The van der Waals surface area contributed by atoms with E-state index in [1.165, 1.54) is 7.11 Å². The molecule has 0 aliphatic carbocycles. The van der Waals surface area contributed by atoms with E-state index in [4.69, 9.17) is 16.7 Å². The van der Waals surface area contributed by atoms with Gasteiger partial charge in [-0.3, -0.25) is 0 Å². The minimum absolute atomic E-state index is 0.137. The summed E-state index contributed by atoms with van der Waals surface area (Å²) in [6.45, 7) is -0.137. The van der Waals surface area contributed by atoms with Crippen LogP contribution in [0.3, 0.4) is 0 Å². The Balaban J connectivity index is 2.48. The fourth-order valence-corrected chi connectivity index (χ4v) is 1.37. The normalized spacial score (nSPS) is 11.7. The molecule has 0 radical (unpaired) electrons. The Labute approximate surface area is 109 Å². The number of halogens is 1. The van der Waals surface area contributed by atoms with Gasteiger partial charge in [0.15, 0.2) is 6.10 Å². The van der Waals surface area contributed by atoms with E-state index in [-0.39, 0.29) is 6.54 Å². The Kier molecular flexibility index (Phi) is 5.41. The first-order chi connectivity index (χ1) is 8.54. The fourth-order valence-electron chi connectivity index (χ4n) is 1.19. The summed E-state index contributed by atoms with van der Waals surface area (Å²) in [5.41, 5.74) is 0.445. The number of carbonyl (C=O) groups is 2. The topological polar surface area (TPSA) is 87.7 Å². The quantitative estimate of drug-likeness (QED) is 0.759. The number of carbonyl (C=O) groups excluding carboxylic acids is 1. The minimum atomic E-state index is -1.14. The number of carboxylic acid groups (broad SMARTS) is 1. The van der Waals surface area contributed by atoms with Crippen LogP contribution in [0.15, 0.2) is 24.3 Å². The molecule has 6 nitrogen and oxygen atoms in total. The third kappa shape index (κ3) is 4.23. The average molecular weight is 273 g/mol. The van der Waals surface area contributed by atoms with E-state index >= 15 is 0 Å². The van der Waals surface area contributed by atoms with Crippen molar-refractivity contribution < 1.29 is 19.4 Å². The number of hydrogen-bond acceptors (Lipinski definition) is 3. The summed E-state index contributed by atoms with van der Waals surface area (Å²) in [6, 6.07) is 6.17. The molecule has 0 bridgehead atoms. The highest BCUT2D eigenvalue weighted by Gasteiger charge is 2.17. The Bertz CT molecular complexity index is 439. The summed E-state index contributed by atoms with van der Waals surface area (Å²) in [5.74, 6) is -1.14. The second kappa shape index (κ2) is 6.83. The Morgan fingerprint density at radius 3 is 2.67 bits per heavy atom. The molecule has 0 spiro atoms. The summed E-state index contributed by atoms with van der Waals surface area (Å²) in [5, 5.41) is 14.0. The van der Waals surface area contributed by atoms with Crippen LogP contribution in [0.4, 0.5) is 10.5 Å². The first-order valence-corrected chi connectivity index (χ1v) is 5.47. The number of ether oxygens (including phenoxy) is 1. The summed E-state index contributed by atoms with van der Waals surface area (Å²) < 4.78 is 4.67. The van der Waals surface area contributed by atoms with Crippen LogP contribution in [0.25, 0.3) is 0 Å². The van der Waals surface area contributed by atoms with Crippen molar-refractivity contribution in [3.63, 3.8) is 0 Å². The lowest BCUT2D eigenvalue weighted by Crippen LogP contribution is -2.39. The number of benzene rings is 1. The van der Waals surface area contributed by atoms with Gasteiger partial charge in [0.2, 0.25) is 0 Å². The molecule has 1 rings (SSSR count). The lowest BCUT2D eigenvalue weighted by atomic mass is 10.3. The third-order valence-corrected chi connectivity index (χ3v) is 2.46. The molecular formula is C11H13ClN2O4. The van der Waals surface area contributed by atoms with Crippen LogP contribution >= 0.6 is 11.6 Å². The van der Waals surface area contributed by atoms with E-state index < -0.39 is 18.1 Å². The number of urea groups is 1. The Hall–Kier alpha value is -1.79. The van der Waals surface area contributed by atoms with Crippen molar-refractivity contribution in [1.29, 1.82) is 0 Å². The summed E-state index contributed by atoms with van der Waals surface area (Å²) in [7, 11) is 1.26. The van der Waals surface area contributed by atoms with Gasteiger partial charge in [0.05, 0.1) is 17.3 Å². The van der Waals surface area contributed by atoms with Gasteiger partial charge in [-0.1, -0.05) is 23.7 Å². The predicted molar refractivity (Wildman–Crippen MR) is 66.9 cm³/mol. The highest BCUT2D eigenvalue weighted by atomic mass is 35.5. The van der Waals surface area contributed by atoms with Gasteiger partial charge in [-0.15, -0.1) is 0 Å². The van der Waals surface area contributed by atoms with Crippen LogP contribution in [0.2, 0.25) is 5.02 Å². The van der Waals surface area contributed by atoms with Crippen molar-refractivity contribution in [2.45, 2.75) is 6.10 Å². The monoisotopic (exact) mass is 272 g/mol. The van der Waals surface area contributed by atoms with Gasteiger partial charge in [-0.05, 0) is 12.1 Å². The second-order valence-corrected chi connectivity index (χ2v) is 3.78. The molecule has 1 aromatic rings. The summed E-state index contributed by atoms with van der Waals surface area (Å²) in [6.07, 6.45) is -1.08. The van der Waals surface area contributed by atoms with Crippen LogP contribution in [0.5, 0.6) is 0 Å². The van der Waals surface area contributed by atoms with Gasteiger partial charge in [0.1, 0.15) is 0 Å². The van der Waals surface area contributed by atoms with Gasteiger partial charge < -0.3 is 20.5 Å². The van der Waals surface area contributed by atoms with E-state index in [1.807, 2.05) is 0 Å². The second-order valence-electron chi connectivity index (χ2n) is 3.38. The molecule has 3 N–H and O–H groups in total. The molecule has 0 saturated carbocycles. The number of carboxylic acids is 1. The van der Waals surface area contributed by atoms with Crippen molar-refractivity contribution >= 4 is 29.3 Å². The largest absolute Gasteiger partial charge is 0.479 e. The Morgan fingerprint density at radius 2 is 2.11 bits per heavy atom. The molecular weight excluding hydrogens is 260 g/mol. The highest BCUT2D eigenvalue weighted by Crippen LogP contribution is 2.19. The number of hydrogen-bond donors (Lipinski definition) is 3. The van der Waals surface area contributed by atoms with Gasteiger partial charge in [-0.2, -0.15) is 0 Å². The molecule has 1 atom stereocenters. The molecule has 7 heteroatoms. The van der Waals surface area contributed by atoms with Crippen molar-refractivity contribution in [3.05, 3.63) is 29.3 Å². The van der Waals surface area contributed by atoms with E-state index in [0.29, 0.717) is 10.7 Å². The SMILES string of the molecule is COC(CNC(=O)Nc1ccccc1Cl)C(=O)O. The number of methoxy groups -OCH3 is 1. The zero-order valence-corrected chi connectivity index (χ0v) is 10.4. The number of rotatable bonds is 5. The van der Waals surface area contributed by atoms with Crippen LogP contribution in [0, 0.1) is 0 Å². The van der Waals surface area contributed by atoms with Crippen LogP contribution in [-0.2, 0) is 9.53 Å². The van der Waals surface area contributed by atoms with Crippen molar-refractivity contribution in [1.82, 2.24) is 5.32 Å². The number of amides is 2. The third-order valence-electron chi connectivity index (χ3n) is 2.13. The van der Waals surface area contributed by atoms with Crippen LogP contribution in [-0.4, -0.2) is 36.9 Å². The number of aliphatic carboxylic acids is 1. The van der Waals surface area contributed by atoms with Crippen LogP contribution < -0.4 is 10.6 Å². The van der Waals surface area contributed by atoms with Crippen molar-refractivity contribution in [2.75, 3.05) is 19.0 Å². The molecule has 2 amide bonds. The molecule has 0 aliphatic rings. The first-order valence-electron chi connectivity index (χ1n) is 5.09. The van der Waals surface area contributed by atoms with Gasteiger partial charge in [0, 0.05) is 7.11 Å². The molecule has 0 aromatic heterocycles. The summed E-state index contributed by atoms with van der Waals surface area (Å²) >= 11 is 5.85. The molecule has 0 heterocycles.